The number of carbonyl (C=O) groups is 2. The Bertz CT molecular complexity index is 947. The molecule has 0 N–H and O–H groups in total. The number of aryl methyl sites for hydroxylation is 1. The van der Waals surface area contributed by atoms with Crippen molar-refractivity contribution in [3.05, 3.63) is 76.4 Å². The molecule has 0 heterocycles. The molecule has 1 aliphatic rings. The zero-order valence-electron chi connectivity index (χ0n) is 17.1. The van der Waals surface area contributed by atoms with Gasteiger partial charge in [-0.05, 0) is 74.8 Å². The van der Waals surface area contributed by atoms with E-state index in [0.717, 1.165) is 25.0 Å². The van der Waals surface area contributed by atoms with Gasteiger partial charge in [-0.15, -0.1) is 0 Å². The van der Waals surface area contributed by atoms with Gasteiger partial charge in [0.05, 0.1) is 11.1 Å². The molecule has 0 amide bonds. The number of alkyl halides is 3. The second-order valence-corrected chi connectivity index (χ2v) is 8.06. The minimum Gasteiger partial charge on any atom is -0.294 e. The van der Waals surface area contributed by atoms with Gasteiger partial charge in [0.25, 0.3) is 0 Å². The van der Waals surface area contributed by atoms with Crippen molar-refractivity contribution in [2.45, 2.75) is 51.6 Å². The zero-order chi connectivity index (χ0) is 21.9. The first kappa shape index (κ1) is 22.0. The maximum absolute atomic E-state index is 13.0. The van der Waals surface area contributed by atoms with Crippen LogP contribution < -0.4 is 0 Å². The lowest BCUT2D eigenvalue weighted by Gasteiger charge is -2.28. The Morgan fingerprint density at radius 1 is 0.967 bits per heavy atom. The molecule has 158 valence electrons. The average Bonchev–Trinajstić information content (AvgIpc) is 2.72. The summed E-state index contributed by atoms with van der Waals surface area (Å²) >= 11 is 0. The van der Waals surface area contributed by atoms with Gasteiger partial charge in [0, 0.05) is 5.92 Å². The van der Waals surface area contributed by atoms with Crippen LogP contribution in [0.1, 0.15) is 60.8 Å². The molecule has 0 atom stereocenters. The number of hydrogen-bond donors (Lipinski definition) is 0. The molecule has 30 heavy (non-hydrogen) atoms. The number of Topliss-reactive ketones (excluding diaryl/α,β-unsaturated/α-hetero) is 2. The highest BCUT2D eigenvalue weighted by molar-refractivity contribution is 6.23. The van der Waals surface area contributed by atoms with Crippen molar-refractivity contribution in [2.75, 3.05) is 0 Å². The van der Waals surface area contributed by atoms with Crippen LogP contribution in [0.15, 0.2) is 54.1 Å². The van der Waals surface area contributed by atoms with Crippen LogP contribution in [0.5, 0.6) is 0 Å². The van der Waals surface area contributed by atoms with E-state index in [2.05, 4.69) is 24.3 Å². The Morgan fingerprint density at radius 3 is 2.17 bits per heavy atom. The van der Waals surface area contributed by atoms with Crippen LogP contribution in [-0.2, 0) is 15.8 Å². The van der Waals surface area contributed by atoms with Crippen molar-refractivity contribution in [2.24, 2.45) is 5.92 Å². The number of carbonyl (C=O) groups excluding carboxylic acids is 2. The summed E-state index contributed by atoms with van der Waals surface area (Å²) in [5.74, 6) is -0.559. The summed E-state index contributed by atoms with van der Waals surface area (Å²) in [4.78, 5) is 25.1. The molecule has 0 bridgehead atoms. The van der Waals surface area contributed by atoms with E-state index in [1.807, 2.05) is 6.92 Å². The largest absolute Gasteiger partial charge is 0.416 e. The molecule has 1 fully saturated rings. The van der Waals surface area contributed by atoms with Gasteiger partial charge in [0.2, 0.25) is 0 Å². The van der Waals surface area contributed by atoms with Gasteiger partial charge in [0.15, 0.2) is 11.6 Å². The average molecular weight is 414 g/mol. The Kier molecular flexibility index (Phi) is 6.59. The summed E-state index contributed by atoms with van der Waals surface area (Å²) in [5, 5.41) is 0. The Balaban J connectivity index is 1.74. The number of halogens is 3. The lowest BCUT2D eigenvalue weighted by molar-refractivity contribution is -0.137. The zero-order valence-corrected chi connectivity index (χ0v) is 17.1. The predicted octanol–water partition coefficient (Wildman–Crippen LogP) is 6.53. The fourth-order valence-corrected chi connectivity index (χ4v) is 4.07. The predicted molar refractivity (Wildman–Crippen MR) is 111 cm³/mol. The van der Waals surface area contributed by atoms with Crippen LogP contribution in [0.2, 0.25) is 0 Å². The van der Waals surface area contributed by atoms with Gasteiger partial charge < -0.3 is 0 Å². The molecule has 2 aromatic carbocycles. The van der Waals surface area contributed by atoms with Gasteiger partial charge in [-0.1, -0.05) is 42.0 Å². The van der Waals surface area contributed by atoms with Gasteiger partial charge >= 0.3 is 6.18 Å². The summed E-state index contributed by atoms with van der Waals surface area (Å²) in [6.07, 6.45) is -0.123. The van der Waals surface area contributed by atoms with Crippen LogP contribution in [0, 0.1) is 12.8 Å². The van der Waals surface area contributed by atoms with E-state index in [-0.39, 0.29) is 22.8 Å². The van der Waals surface area contributed by atoms with Crippen LogP contribution in [0.25, 0.3) is 6.08 Å². The van der Waals surface area contributed by atoms with E-state index in [1.165, 1.54) is 36.3 Å². The molecule has 0 aliphatic heterocycles. The molecule has 1 aliphatic carbocycles. The summed E-state index contributed by atoms with van der Waals surface area (Å²) in [6, 6.07) is 13.1. The standard InChI is InChI=1S/C25H25F3O2/c1-16-6-8-19(9-7-16)20-10-12-21(13-11-20)24(30)23(17(2)29)15-18-4-3-5-22(14-18)25(26,27)28/h3-9,14-15,20-21H,10-13H2,1-2H3/b23-15+. The first-order valence-electron chi connectivity index (χ1n) is 10.2. The van der Waals surface area contributed by atoms with Crippen LogP contribution in [0.4, 0.5) is 13.2 Å². The summed E-state index contributed by atoms with van der Waals surface area (Å²) < 4.78 is 38.9. The molecule has 2 nitrogen and oxygen atoms in total. The highest BCUT2D eigenvalue weighted by Crippen LogP contribution is 2.37. The van der Waals surface area contributed by atoms with E-state index in [1.54, 1.807) is 0 Å². The second-order valence-electron chi connectivity index (χ2n) is 8.06. The first-order chi connectivity index (χ1) is 14.1. The monoisotopic (exact) mass is 414 g/mol. The first-order valence-corrected chi connectivity index (χ1v) is 10.2. The van der Waals surface area contributed by atoms with Gasteiger partial charge in [-0.3, -0.25) is 9.59 Å². The molecule has 0 unspecified atom stereocenters. The molecule has 0 radical (unpaired) electrons. The maximum atomic E-state index is 13.0. The molecule has 2 aromatic rings. The van der Waals surface area contributed by atoms with Crippen LogP contribution in [0.3, 0.4) is 0 Å². The fourth-order valence-electron chi connectivity index (χ4n) is 4.07. The van der Waals surface area contributed by atoms with Crippen molar-refractivity contribution in [3.8, 4) is 0 Å². The van der Waals surface area contributed by atoms with Crippen LogP contribution >= 0.6 is 0 Å². The highest BCUT2D eigenvalue weighted by atomic mass is 19.4. The third-order valence-electron chi connectivity index (χ3n) is 5.82. The number of allylic oxidation sites excluding steroid dienone is 1. The van der Waals surface area contributed by atoms with Crippen LogP contribution in [-0.4, -0.2) is 11.6 Å². The quantitative estimate of drug-likeness (QED) is 0.317. The highest BCUT2D eigenvalue weighted by Gasteiger charge is 2.32. The topological polar surface area (TPSA) is 34.1 Å². The van der Waals surface area contributed by atoms with Crippen molar-refractivity contribution < 1.29 is 22.8 Å². The van der Waals surface area contributed by atoms with E-state index in [4.69, 9.17) is 0 Å². The molecular formula is C25H25F3O2. The summed E-state index contributed by atoms with van der Waals surface area (Å²) in [6.45, 7) is 3.33. The molecule has 3 rings (SSSR count). The maximum Gasteiger partial charge on any atom is 0.416 e. The Morgan fingerprint density at radius 2 is 1.60 bits per heavy atom. The molecular weight excluding hydrogens is 389 g/mol. The third-order valence-corrected chi connectivity index (χ3v) is 5.82. The number of hydrogen-bond acceptors (Lipinski definition) is 2. The molecule has 5 heteroatoms. The summed E-state index contributed by atoms with van der Waals surface area (Å²) in [7, 11) is 0. The van der Waals surface area contributed by atoms with Crippen molar-refractivity contribution in [3.63, 3.8) is 0 Å². The number of benzene rings is 2. The Labute approximate surface area is 174 Å². The lowest BCUT2D eigenvalue weighted by Crippen LogP contribution is -2.24. The summed E-state index contributed by atoms with van der Waals surface area (Å²) in [5.41, 5.74) is 1.85. The molecule has 0 spiro atoms. The molecule has 0 saturated heterocycles. The van der Waals surface area contributed by atoms with Crippen molar-refractivity contribution in [1.29, 1.82) is 0 Å². The second kappa shape index (κ2) is 8.99. The van der Waals surface area contributed by atoms with E-state index >= 15 is 0 Å². The molecule has 1 saturated carbocycles. The smallest absolute Gasteiger partial charge is 0.294 e. The van der Waals surface area contributed by atoms with E-state index in [9.17, 15) is 22.8 Å². The van der Waals surface area contributed by atoms with E-state index < -0.39 is 17.5 Å². The van der Waals surface area contributed by atoms with E-state index in [0.29, 0.717) is 18.8 Å². The minimum absolute atomic E-state index is 0.0203. The lowest BCUT2D eigenvalue weighted by atomic mass is 9.75. The van der Waals surface area contributed by atoms with Crippen molar-refractivity contribution in [1.82, 2.24) is 0 Å². The number of rotatable bonds is 5. The van der Waals surface area contributed by atoms with Gasteiger partial charge in [-0.2, -0.15) is 13.2 Å². The van der Waals surface area contributed by atoms with Gasteiger partial charge in [0.1, 0.15) is 0 Å². The number of ketones is 2. The fraction of sp³-hybridized carbons (Fsp3) is 0.360. The third kappa shape index (κ3) is 5.26. The molecule has 0 aromatic heterocycles. The minimum atomic E-state index is -4.47. The SMILES string of the molecule is CC(=O)/C(=C\c1cccc(C(F)(F)F)c1)C(=O)C1CCC(c2ccc(C)cc2)CC1. The Hall–Kier alpha value is -2.69. The van der Waals surface area contributed by atoms with Gasteiger partial charge in [-0.25, -0.2) is 0 Å². The van der Waals surface area contributed by atoms with Crippen molar-refractivity contribution >= 4 is 17.6 Å². The normalized spacial score (nSPS) is 20.1.